The molecule has 2 atom stereocenters. The van der Waals surface area contributed by atoms with Gasteiger partial charge >= 0.3 is 0 Å². The van der Waals surface area contributed by atoms with Crippen LogP contribution in [0.1, 0.15) is 80.2 Å². The summed E-state index contributed by atoms with van der Waals surface area (Å²) in [6.07, 6.45) is 1.11. The first-order chi connectivity index (χ1) is 11.0. The van der Waals surface area contributed by atoms with E-state index in [0.717, 1.165) is 5.75 Å². The molecule has 0 saturated carbocycles. The van der Waals surface area contributed by atoms with E-state index in [9.17, 15) is 0 Å². The van der Waals surface area contributed by atoms with Gasteiger partial charge in [-0.3, -0.25) is 0 Å². The number of ether oxygens (including phenoxy) is 2. The molecule has 1 aromatic carbocycles. The molecule has 0 spiro atoms. The van der Waals surface area contributed by atoms with Crippen molar-refractivity contribution in [2.45, 2.75) is 87.0 Å². The van der Waals surface area contributed by atoms with Crippen molar-refractivity contribution >= 4 is 0 Å². The lowest BCUT2D eigenvalue weighted by Gasteiger charge is -2.32. The van der Waals surface area contributed by atoms with E-state index in [4.69, 9.17) is 9.47 Å². The third-order valence-corrected chi connectivity index (χ3v) is 4.18. The second kappa shape index (κ2) is 8.89. The lowest BCUT2D eigenvalue weighted by molar-refractivity contribution is -0.162. The third kappa shape index (κ3) is 6.84. The predicted molar refractivity (Wildman–Crippen MR) is 104 cm³/mol. The minimum Gasteiger partial charge on any atom is -0.464 e. The highest BCUT2D eigenvalue weighted by Gasteiger charge is 2.28. The number of benzene rings is 1. The maximum atomic E-state index is 6.14. The van der Waals surface area contributed by atoms with Gasteiger partial charge in [0.25, 0.3) is 0 Å². The van der Waals surface area contributed by atoms with Crippen LogP contribution in [0.15, 0.2) is 24.3 Å². The van der Waals surface area contributed by atoms with E-state index in [1.807, 2.05) is 13.8 Å². The van der Waals surface area contributed by atoms with E-state index in [1.54, 1.807) is 0 Å². The van der Waals surface area contributed by atoms with Crippen LogP contribution in [0.2, 0.25) is 0 Å². The van der Waals surface area contributed by atoms with Crippen molar-refractivity contribution in [2.75, 3.05) is 0 Å². The normalized spacial score (nSPS) is 15.2. The van der Waals surface area contributed by atoms with E-state index in [2.05, 4.69) is 72.7 Å². The van der Waals surface area contributed by atoms with Crippen LogP contribution in [0.3, 0.4) is 0 Å². The summed E-state index contributed by atoms with van der Waals surface area (Å²) in [4.78, 5) is 0. The lowest BCUT2D eigenvalue weighted by atomic mass is 9.82. The first-order valence-electron chi connectivity index (χ1n) is 9.42. The largest absolute Gasteiger partial charge is 0.464 e. The molecule has 2 nitrogen and oxygen atoms in total. The zero-order valence-corrected chi connectivity index (χ0v) is 17.2. The number of rotatable bonds is 8. The average molecular weight is 335 g/mol. The van der Waals surface area contributed by atoms with Crippen molar-refractivity contribution in [3.05, 3.63) is 29.8 Å². The monoisotopic (exact) mass is 334 g/mol. The van der Waals surface area contributed by atoms with Crippen molar-refractivity contribution in [3.8, 4) is 5.75 Å². The maximum Gasteiger partial charge on any atom is 0.204 e. The first kappa shape index (κ1) is 21.0. The highest BCUT2D eigenvalue weighted by atomic mass is 16.7. The smallest absolute Gasteiger partial charge is 0.204 e. The second-order valence-corrected chi connectivity index (χ2v) is 9.05. The zero-order chi connectivity index (χ0) is 18.5. The minimum atomic E-state index is -0.250. The average Bonchev–Trinajstić information content (AvgIpc) is 2.43. The van der Waals surface area contributed by atoms with Crippen LogP contribution in [0.4, 0.5) is 0 Å². The molecule has 0 heterocycles. The Hall–Kier alpha value is -1.02. The molecule has 138 valence electrons. The molecule has 1 rings (SSSR count). The van der Waals surface area contributed by atoms with Crippen molar-refractivity contribution in [1.82, 2.24) is 0 Å². The molecule has 0 aliphatic heterocycles. The van der Waals surface area contributed by atoms with Crippen LogP contribution in [0.5, 0.6) is 5.75 Å². The standard InChI is InChI=1S/C22H38O2/c1-15(2)14-20(16(3)4)18-10-12-19(13-11-18)24-21(22(7,8)9)23-17(5)6/h10-13,15-17,20-21H,14H2,1-9H3. The summed E-state index contributed by atoms with van der Waals surface area (Å²) in [6.45, 7) is 19.7. The summed E-state index contributed by atoms with van der Waals surface area (Å²) in [7, 11) is 0. The van der Waals surface area contributed by atoms with Gasteiger partial charge in [-0.1, -0.05) is 60.6 Å². The Bertz CT molecular complexity index is 466. The van der Waals surface area contributed by atoms with Crippen molar-refractivity contribution in [2.24, 2.45) is 17.3 Å². The van der Waals surface area contributed by atoms with E-state index in [0.29, 0.717) is 17.8 Å². The fourth-order valence-electron chi connectivity index (χ4n) is 2.87. The minimum absolute atomic E-state index is 0.0684. The van der Waals surface area contributed by atoms with Crippen LogP contribution in [-0.4, -0.2) is 12.4 Å². The van der Waals surface area contributed by atoms with Gasteiger partial charge in [-0.2, -0.15) is 0 Å². The lowest BCUT2D eigenvalue weighted by Crippen LogP contribution is -2.36. The zero-order valence-electron chi connectivity index (χ0n) is 17.2. The van der Waals surface area contributed by atoms with Crippen LogP contribution in [-0.2, 0) is 4.74 Å². The van der Waals surface area contributed by atoms with Gasteiger partial charge in [0.15, 0.2) is 0 Å². The Labute approximate surface area is 149 Å². The quantitative estimate of drug-likeness (QED) is 0.496. The topological polar surface area (TPSA) is 18.5 Å². The number of hydrogen-bond acceptors (Lipinski definition) is 2. The second-order valence-electron chi connectivity index (χ2n) is 9.05. The Morgan fingerprint density at radius 2 is 1.42 bits per heavy atom. The molecule has 1 aromatic rings. The molecular formula is C22H38O2. The molecule has 0 bridgehead atoms. The van der Waals surface area contributed by atoms with Gasteiger partial charge in [-0.05, 0) is 55.7 Å². The van der Waals surface area contributed by atoms with Gasteiger partial charge in [0.05, 0.1) is 6.10 Å². The fourth-order valence-corrected chi connectivity index (χ4v) is 2.87. The van der Waals surface area contributed by atoms with Gasteiger partial charge in [-0.15, -0.1) is 0 Å². The van der Waals surface area contributed by atoms with Crippen LogP contribution in [0, 0.1) is 17.3 Å². The van der Waals surface area contributed by atoms with Crippen LogP contribution >= 0.6 is 0 Å². The van der Waals surface area contributed by atoms with Gasteiger partial charge < -0.3 is 9.47 Å². The molecule has 0 aliphatic rings. The van der Waals surface area contributed by atoms with Crippen molar-refractivity contribution < 1.29 is 9.47 Å². The molecule has 0 saturated heterocycles. The summed E-state index contributed by atoms with van der Waals surface area (Å²) in [5.41, 5.74) is 1.34. The summed E-state index contributed by atoms with van der Waals surface area (Å²) in [5.74, 6) is 2.83. The Morgan fingerprint density at radius 1 is 0.875 bits per heavy atom. The third-order valence-electron chi connectivity index (χ3n) is 4.18. The van der Waals surface area contributed by atoms with Crippen LogP contribution < -0.4 is 4.74 Å². The van der Waals surface area contributed by atoms with E-state index in [1.165, 1.54) is 12.0 Å². The summed E-state index contributed by atoms with van der Waals surface area (Å²) in [5, 5.41) is 0. The van der Waals surface area contributed by atoms with E-state index >= 15 is 0 Å². The van der Waals surface area contributed by atoms with Gasteiger partial charge in [0.2, 0.25) is 6.29 Å². The maximum absolute atomic E-state index is 6.14. The summed E-state index contributed by atoms with van der Waals surface area (Å²) >= 11 is 0. The van der Waals surface area contributed by atoms with Gasteiger partial charge in [0.1, 0.15) is 5.75 Å². The van der Waals surface area contributed by atoms with Crippen molar-refractivity contribution in [3.63, 3.8) is 0 Å². The molecule has 0 aromatic heterocycles. The van der Waals surface area contributed by atoms with Crippen molar-refractivity contribution in [1.29, 1.82) is 0 Å². The number of hydrogen-bond donors (Lipinski definition) is 0. The molecule has 0 amide bonds. The molecule has 2 unspecified atom stereocenters. The molecular weight excluding hydrogens is 296 g/mol. The van der Waals surface area contributed by atoms with Crippen LogP contribution in [0.25, 0.3) is 0 Å². The molecule has 2 heteroatoms. The van der Waals surface area contributed by atoms with Gasteiger partial charge in [0, 0.05) is 5.41 Å². The molecule has 0 N–H and O–H groups in total. The Morgan fingerprint density at radius 3 is 1.79 bits per heavy atom. The molecule has 0 fully saturated rings. The molecule has 0 radical (unpaired) electrons. The van der Waals surface area contributed by atoms with E-state index in [-0.39, 0.29) is 17.8 Å². The van der Waals surface area contributed by atoms with Gasteiger partial charge in [-0.25, -0.2) is 0 Å². The highest BCUT2D eigenvalue weighted by Crippen LogP contribution is 2.33. The Balaban J connectivity index is 2.88. The SMILES string of the molecule is CC(C)CC(c1ccc(OC(OC(C)C)C(C)(C)C)cc1)C(C)C. The van der Waals surface area contributed by atoms with E-state index < -0.39 is 0 Å². The fraction of sp³-hybridized carbons (Fsp3) is 0.727. The predicted octanol–water partition coefficient (Wildman–Crippen LogP) is 6.65. The summed E-state index contributed by atoms with van der Waals surface area (Å²) in [6, 6.07) is 8.62. The summed E-state index contributed by atoms with van der Waals surface area (Å²) < 4.78 is 12.1. The Kier molecular flexibility index (Phi) is 7.79. The highest BCUT2D eigenvalue weighted by molar-refractivity contribution is 5.30. The molecule has 0 aliphatic carbocycles. The molecule has 24 heavy (non-hydrogen) atoms. The first-order valence-corrected chi connectivity index (χ1v) is 9.42.